The van der Waals surface area contributed by atoms with Crippen LogP contribution in [0.3, 0.4) is 0 Å². The number of rotatable bonds is 2. The SMILES string of the molecule is NC1=C(c2cn[nH]c2)CC(C2C=CC=CC2O)N=N1. The summed E-state index contributed by atoms with van der Waals surface area (Å²) in [5.74, 6) is 0.353. The van der Waals surface area contributed by atoms with Crippen LogP contribution in [0.2, 0.25) is 0 Å². The van der Waals surface area contributed by atoms with E-state index in [2.05, 4.69) is 20.4 Å². The molecule has 19 heavy (non-hydrogen) atoms. The zero-order valence-corrected chi connectivity index (χ0v) is 10.3. The van der Waals surface area contributed by atoms with Crippen LogP contribution in [0.25, 0.3) is 5.57 Å². The van der Waals surface area contributed by atoms with Gasteiger partial charge in [-0.15, -0.1) is 5.11 Å². The lowest BCUT2D eigenvalue weighted by Crippen LogP contribution is -2.30. The number of hydrogen-bond donors (Lipinski definition) is 3. The van der Waals surface area contributed by atoms with Gasteiger partial charge < -0.3 is 10.8 Å². The van der Waals surface area contributed by atoms with Gasteiger partial charge in [0.25, 0.3) is 0 Å². The predicted molar refractivity (Wildman–Crippen MR) is 70.7 cm³/mol. The summed E-state index contributed by atoms with van der Waals surface area (Å²) in [7, 11) is 0. The van der Waals surface area contributed by atoms with E-state index in [0.717, 1.165) is 11.1 Å². The summed E-state index contributed by atoms with van der Waals surface area (Å²) < 4.78 is 0. The van der Waals surface area contributed by atoms with Gasteiger partial charge >= 0.3 is 0 Å². The number of nitrogens with two attached hydrogens (primary N) is 1. The molecule has 3 unspecified atom stereocenters. The number of allylic oxidation sites excluding steroid dienone is 2. The van der Waals surface area contributed by atoms with Crippen molar-refractivity contribution in [1.29, 1.82) is 0 Å². The second kappa shape index (κ2) is 4.81. The monoisotopic (exact) mass is 257 g/mol. The second-order valence-electron chi connectivity index (χ2n) is 4.68. The molecule has 0 aromatic carbocycles. The van der Waals surface area contributed by atoms with Gasteiger partial charge in [-0.1, -0.05) is 24.3 Å². The summed E-state index contributed by atoms with van der Waals surface area (Å²) in [4.78, 5) is 0. The molecule has 1 aromatic rings. The molecule has 3 atom stereocenters. The molecule has 2 heterocycles. The van der Waals surface area contributed by atoms with Crippen LogP contribution in [0.1, 0.15) is 12.0 Å². The minimum Gasteiger partial charge on any atom is -0.388 e. The highest BCUT2D eigenvalue weighted by Gasteiger charge is 2.30. The average Bonchev–Trinajstić information content (AvgIpc) is 2.94. The summed E-state index contributed by atoms with van der Waals surface area (Å²) >= 11 is 0. The molecule has 1 aliphatic carbocycles. The molecular weight excluding hydrogens is 242 g/mol. The molecule has 98 valence electrons. The van der Waals surface area contributed by atoms with Crippen LogP contribution in [-0.4, -0.2) is 27.4 Å². The van der Waals surface area contributed by atoms with Crippen LogP contribution >= 0.6 is 0 Å². The highest BCUT2D eigenvalue weighted by molar-refractivity contribution is 5.68. The van der Waals surface area contributed by atoms with E-state index in [4.69, 9.17) is 5.73 Å². The van der Waals surface area contributed by atoms with Gasteiger partial charge in [-0.05, 0) is 0 Å². The standard InChI is InChI=1S/C13H15N5O/c14-13-10(8-6-15-16-7-8)5-11(17-18-13)9-3-1-2-4-12(9)19/h1-4,6-7,9,11-12,19H,5,14H2,(H,15,16). The molecule has 0 radical (unpaired) electrons. The van der Waals surface area contributed by atoms with Crippen LogP contribution in [0, 0.1) is 5.92 Å². The first kappa shape index (κ1) is 11.9. The molecule has 6 nitrogen and oxygen atoms in total. The van der Waals surface area contributed by atoms with Gasteiger partial charge in [-0.25, -0.2) is 0 Å². The van der Waals surface area contributed by atoms with Gasteiger partial charge in [0.2, 0.25) is 0 Å². The predicted octanol–water partition coefficient (Wildman–Crippen LogP) is 1.36. The highest BCUT2D eigenvalue weighted by atomic mass is 16.3. The third-order valence-corrected chi connectivity index (χ3v) is 3.47. The van der Waals surface area contributed by atoms with Gasteiger partial charge in [-0.3, -0.25) is 5.10 Å². The van der Waals surface area contributed by atoms with E-state index in [1.807, 2.05) is 18.2 Å². The Kier molecular flexibility index (Phi) is 3.00. The summed E-state index contributed by atoms with van der Waals surface area (Å²) in [5, 5.41) is 24.9. The fraction of sp³-hybridized carbons (Fsp3) is 0.308. The molecule has 4 N–H and O–H groups in total. The number of aliphatic hydroxyl groups is 1. The molecule has 0 saturated carbocycles. The lowest BCUT2D eigenvalue weighted by Gasteiger charge is -2.27. The number of azo groups is 1. The summed E-state index contributed by atoms with van der Waals surface area (Å²) in [6, 6.07) is -0.103. The molecule has 0 saturated heterocycles. The average molecular weight is 257 g/mol. The Hall–Kier alpha value is -2.21. The number of hydrogen-bond acceptors (Lipinski definition) is 5. The maximum atomic E-state index is 10.00. The minimum atomic E-state index is -0.529. The van der Waals surface area contributed by atoms with E-state index in [-0.39, 0.29) is 12.0 Å². The smallest absolute Gasteiger partial charge is 0.149 e. The van der Waals surface area contributed by atoms with Crippen molar-refractivity contribution < 1.29 is 5.11 Å². The normalized spacial score (nSPS) is 30.1. The summed E-state index contributed by atoms with van der Waals surface area (Å²) in [5.41, 5.74) is 7.72. The van der Waals surface area contributed by atoms with Crippen molar-refractivity contribution in [2.75, 3.05) is 0 Å². The van der Waals surface area contributed by atoms with E-state index >= 15 is 0 Å². The molecule has 3 rings (SSSR count). The van der Waals surface area contributed by atoms with E-state index in [1.165, 1.54) is 0 Å². The Morgan fingerprint density at radius 3 is 2.89 bits per heavy atom. The van der Waals surface area contributed by atoms with Crippen LogP contribution < -0.4 is 5.73 Å². The number of aromatic amines is 1. The highest BCUT2D eigenvalue weighted by Crippen LogP contribution is 2.32. The lowest BCUT2D eigenvalue weighted by atomic mass is 9.85. The van der Waals surface area contributed by atoms with Crippen molar-refractivity contribution in [2.24, 2.45) is 21.9 Å². The number of H-pyrrole nitrogens is 1. The summed E-state index contributed by atoms with van der Waals surface area (Å²) in [6.07, 6.45) is 11.1. The van der Waals surface area contributed by atoms with Crippen LogP contribution in [0.15, 0.2) is 52.7 Å². The molecule has 0 fully saturated rings. The molecule has 2 aliphatic rings. The first-order valence-electron chi connectivity index (χ1n) is 6.17. The van der Waals surface area contributed by atoms with E-state index in [0.29, 0.717) is 12.2 Å². The third-order valence-electron chi connectivity index (χ3n) is 3.47. The second-order valence-corrected chi connectivity index (χ2v) is 4.68. The van der Waals surface area contributed by atoms with Crippen LogP contribution in [0.5, 0.6) is 0 Å². The first-order chi connectivity index (χ1) is 9.25. The van der Waals surface area contributed by atoms with Crippen molar-refractivity contribution in [2.45, 2.75) is 18.6 Å². The fourth-order valence-electron chi connectivity index (χ4n) is 2.41. The Labute approximate surface area is 110 Å². The van der Waals surface area contributed by atoms with Gasteiger partial charge in [0.05, 0.1) is 18.3 Å². The quantitative estimate of drug-likeness (QED) is 0.745. The van der Waals surface area contributed by atoms with Crippen molar-refractivity contribution in [3.8, 4) is 0 Å². The fourth-order valence-corrected chi connectivity index (χ4v) is 2.41. The maximum Gasteiger partial charge on any atom is 0.149 e. The molecular formula is C13H15N5O. The summed E-state index contributed by atoms with van der Waals surface area (Å²) in [6.45, 7) is 0. The van der Waals surface area contributed by atoms with E-state index in [9.17, 15) is 5.11 Å². The van der Waals surface area contributed by atoms with Crippen LogP contribution in [0.4, 0.5) is 0 Å². The van der Waals surface area contributed by atoms with Crippen LogP contribution in [-0.2, 0) is 0 Å². The minimum absolute atomic E-state index is 0.0660. The maximum absolute atomic E-state index is 10.00. The first-order valence-corrected chi connectivity index (χ1v) is 6.17. The number of aliphatic hydroxyl groups excluding tert-OH is 1. The van der Waals surface area contributed by atoms with Crippen molar-refractivity contribution in [1.82, 2.24) is 10.2 Å². The Bertz CT molecular complexity index is 570. The number of nitrogens with one attached hydrogen (secondary N) is 1. The zero-order valence-electron chi connectivity index (χ0n) is 10.3. The van der Waals surface area contributed by atoms with E-state index < -0.39 is 6.10 Å². The van der Waals surface area contributed by atoms with Gasteiger partial charge in [0.1, 0.15) is 5.82 Å². The molecule has 0 bridgehead atoms. The zero-order chi connectivity index (χ0) is 13.2. The van der Waals surface area contributed by atoms with Gasteiger partial charge in [0.15, 0.2) is 0 Å². The Morgan fingerprint density at radius 2 is 2.16 bits per heavy atom. The van der Waals surface area contributed by atoms with Gasteiger partial charge in [-0.2, -0.15) is 10.2 Å². The molecule has 0 spiro atoms. The molecule has 0 amide bonds. The third kappa shape index (κ3) is 2.22. The largest absolute Gasteiger partial charge is 0.388 e. The Morgan fingerprint density at radius 1 is 1.32 bits per heavy atom. The molecule has 1 aromatic heterocycles. The Balaban J connectivity index is 1.84. The lowest BCUT2D eigenvalue weighted by molar-refractivity contribution is 0.158. The number of aromatic nitrogens is 2. The number of nitrogens with zero attached hydrogens (tertiary/aromatic N) is 3. The topological polar surface area (TPSA) is 99.6 Å². The van der Waals surface area contributed by atoms with Crippen molar-refractivity contribution >= 4 is 5.57 Å². The molecule has 1 aliphatic heterocycles. The molecule has 6 heteroatoms. The van der Waals surface area contributed by atoms with E-state index in [1.54, 1.807) is 18.5 Å². The van der Waals surface area contributed by atoms with Crippen molar-refractivity contribution in [3.63, 3.8) is 0 Å². The van der Waals surface area contributed by atoms with Crippen molar-refractivity contribution in [3.05, 3.63) is 48.1 Å². The van der Waals surface area contributed by atoms with Gasteiger partial charge in [0, 0.05) is 29.7 Å².